The van der Waals surface area contributed by atoms with Crippen molar-refractivity contribution in [3.05, 3.63) is 120 Å². The molecule has 4 aliphatic rings. The zero-order valence-electron chi connectivity index (χ0n) is 29.7. The number of amidine groups is 1. The maximum absolute atomic E-state index is 13.9. The van der Waals surface area contributed by atoms with Crippen LogP contribution in [0, 0.1) is 0 Å². The molecule has 0 radical (unpaired) electrons. The predicted octanol–water partition coefficient (Wildman–Crippen LogP) is 5.34. The van der Waals surface area contributed by atoms with Gasteiger partial charge in [0.05, 0.1) is 32.1 Å². The normalized spacial score (nSPS) is 19.8. The van der Waals surface area contributed by atoms with E-state index >= 15 is 0 Å². The fourth-order valence-corrected chi connectivity index (χ4v) is 7.51. The first kappa shape index (κ1) is 34.1. The second-order valence-electron chi connectivity index (χ2n) is 13.5. The second kappa shape index (κ2) is 15.3. The van der Waals surface area contributed by atoms with E-state index in [9.17, 15) is 9.59 Å². The van der Waals surface area contributed by atoms with E-state index in [-0.39, 0.29) is 18.1 Å². The zero-order valence-corrected chi connectivity index (χ0v) is 29.7. The molecule has 2 amide bonds. The summed E-state index contributed by atoms with van der Waals surface area (Å²) in [7, 11) is 1.30. The summed E-state index contributed by atoms with van der Waals surface area (Å²) < 4.78 is 10.3. The minimum Gasteiger partial charge on any atom is -0.453 e. The summed E-state index contributed by atoms with van der Waals surface area (Å²) in [6.45, 7) is 4.46. The number of carbonyl (C=O) groups is 2. The van der Waals surface area contributed by atoms with Gasteiger partial charge in [-0.3, -0.25) is 4.79 Å². The third-order valence-electron chi connectivity index (χ3n) is 10.3. The molecule has 2 saturated heterocycles. The Bertz CT molecular complexity index is 1990. The number of rotatable bonds is 8. The molecular formula is C41H44N8O4. The third kappa shape index (κ3) is 7.36. The first-order valence-corrected chi connectivity index (χ1v) is 18.2. The maximum Gasteiger partial charge on any atom is 0.407 e. The van der Waals surface area contributed by atoms with Crippen molar-refractivity contribution in [3.63, 3.8) is 0 Å². The number of ether oxygens (including phenoxy) is 2. The van der Waals surface area contributed by atoms with E-state index in [1.807, 2.05) is 41.4 Å². The van der Waals surface area contributed by atoms with Crippen molar-refractivity contribution in [2.75, 3.05) is 62.2 Å². The van der Waals surface area contributed by atoms with Gasteiger partial charge in [-0.1, -0.05) is 60.7 Å². The molecule has 0 bridgehead atoms. The van der Waals surface area contributed by atoms with Gasteiger partial charge >= 0.3 is 6.09 Å². The minimum atomic E-state index is -0.838. The molecule has 3 atom stereocenters. The van der Waals surface area contributed by atoms with Crippen molar-refractivity contribution in [2.24, 2.45) is 4.99 Å². The number of methoxy groups -OCH3 is 1. The summed E-state index contributed by atoms with van der Waals surface area (Å²) in [5.41, 5.74) is 9.15. The lowest BCUT2D eigenvalue weighted by Crippen LogP contribution is -2.54. The lowest BCUT2D eigenvalue weighted by Gasteiger charge is -2.33. The van der Waals surface area contributed by atoms with Crippen LogP contribution in [0.2, 0.25) is 0 Å². The molecule has 12 heteroatoms. The summed E-state index contributed by atoms with van der Waals surface area (Å²) >= 11 is 0. The van der Waals surface area contributed by atoms with Gasteiger partial charge in [0.2, 0.25) is 5.91 Å². The van der Waals surface area contributed by atoms with Crippen molar-refractivity contribution in [3.8, 4) is 11.1 Å². The van der Waals surface area contributed by atoms with Gasteiger partial charge in [0.1, 0.15) is 24.7 Å². The number of hydrogen-bond acceptors (Lipinski definition) is 10. The molecule has 53 heavy (non-hydrogen) atoms. The Balaban J connectivity index is 0.926. The van der Waals surface area contributed by atoms with Crippen LogP contribution >= 0.6 is 0 Å². The SMILES string of the molecule is COC(=O)N[C@@H](C(=O)N1CCC[C@H]1C1NC=C(c2ccc(-c3ccc4c(c3)C(Nc3ccc(N5CCOCC5)cc3)=NCN4)cc2)N1)c1ccccc1. The van der Waals surface area contributed by atoms with Crippen LogP contribution in [-0.4, -0.2) is 81.6 Å². The predicted molar refractivity (Wildman–Crippen MR) is 207 cm³/mol. The number of carbonyl (C=O) groups excluding carboxylic acids is 2. The average molecular weight is 713 g/mol. The van der Waals surface area contributed by atoms with Crippen molar-refractivity contribution in [1.82, 2.24) is 20.9 Å². The standard InChI is InChI=1S/C41H44N8O4/c1-52-41(51)47-37(29-6-3-2-4-7-29)40(50)49-19-5-8-36(49)39-42-25-35(46-39)28-11-9-27(10-12-28)30-13-18-34-33(24-30)38(44-26-43-34)45-31-14-16-32(17-15-31)48-20-22-53-23-21-48/h2-4,6-7,9-18,24-25,36-37,39,42-43,46H,5,8,19-23,26H2,1H3,(H,44,45)(H,47,51)/t36-,37+,39?/m0/s1. The van der Waals surface area contributed by atoms with E-state index in [1.165, 1.54) is 12.8 Å². The fourth-order valence-electron chi connectivity index (χ4n) is 7.51. The van der Waals surface area contributed by atoms with Crippen LogP contribution < -0.4 is 31.5 Å². The number of amides is 2. The number of nitrogens with one attached hydrogen (secondary N) is 5. The molecule has 0 spiro atoms. The van der Waals surface area contributed by atoms with E-state index in [0.717, 1.165) is 84.3 Å². The molecule has 4 heterocycles. The van der Waals surface area contributed by atoms with E-state index in [2.05, 4.69) is 98.2 Å². The Morgan fingerprint density at radius 1 is 0.906 bits per heavy atom. The monoisotopic (exact) mass is 712 g/mol. The Kier molecular flexibility index (Phi) is 9.85. The van der Waals surface area contributed by atoms with Gasteiger partial charge < -0.3 is 45.9 Å². The quantitative estimate of drug-likeness (QED) is 0.164. The molecule has 2 fully saturated rings. The lowest BCUT2D eigenvalue weighted by atomic mass is 9.99. The number of aliphatic imine (C=N–C) groups is 1. The van der Waals surface area contributed by atoms with E-state index in [1.54, 1.807) is 0 Å². The van der Waals surface area contributed by atoms with E-state index in [0.29, 0.717) is 18.8 Å². The summed E-state index contributed by atoms with van der Waals surface area (Å²) in [5, 5.41) is 16.8. The molecule has 0 aliphatic carbocycles. The topological polar surface area (TPSA) is 132 Å². The van der Waals surface area contributed by atoms with Crippen LogP contribution in [0.25, 0.3) is 16.8 Å². The Morgan fingerprint density at radius 3 is 2.43 bits per heavy atom. The number of anilines is 3. The van der Waals surface area contributed by atoms with Gasteiger partial charge in [0.15, 0.2) is 0 Å². The molecule has 0 aromatic heterocycles. The van der Waals surface area contributed by atoms with Crippen LogP contribution in [-0.2, 0) is 14.3 Å². The van der Waals surface area contributed by atoms with Gasteiger partial charge in [-0.05, 0) is 71.5 Å². The summed E-state index contributed by atoms with van der Waals surface area (Å²) in [6, 6.07) is 31.8. The number of benzene rings is 4. The highest BCUT2D eigenvalue weighted by Gasteiger charge is 2.40. The highest BCUT2D eigenvalue weighted by molar-refractivity contribution is 6.13. The van der Waals surface area contributed by atoms with Crippen molar-refractivity contribution < 1.29 is 19.1 Å². The number of nitrogens with zero attached hydrogens (tertiary/aromatic N) is 3. The molecule has 12 nitrogen and oxygen atoms in total. The average Bonchev–Trinajstić information content (AvgIpc) is 3.92. The number of morpholine rings is 1. The summed E-state index contributed by atoms with van der Waals surface area (Å²) in [5.74, 6) is 0.681. The Hall–Kier alpha value is -6.01. The number of alkyl carbamates (subject to hydrolysis) is 1. The molecule has 272 valence electrons. The number of fused-ring (bicyclic) bond motifs is 1. The highest BCUT2D eigenvalue weighted by Crippen LogP contribution is 2.31. The Labute approximate surface area is 309 Å². The van der Waals surface area contributed by atoms with Crippen LogP contribution in [0.15, 0.2) is 108 Å². The second-order valence-corrected chi connectivity index (χ2v) is 13.5. The van der Waals surface area contributed by atoms with Gasteiger partial charge in [0.25, 0.3) is 0 Å². The lowest BCUT2D eigenvalue weighted by molar-refractivity contribution is -0.134. The number of hydrogen-bond donors (Lipinski definition) is 5. The molecule has 1 unspecified atom stereocenters. The molecule has 4 aromatic rings. The Morgan fingerprint density at radius 2 is 1.66 bits per heavy atom. The van der Waals surface area contributed by atoms with Gasteiger partial charge in [0, 0.05) is 48.5 Å². The molecule has 0 saturated carbocycles. The van der Waals surface area contributed by atoms with Gasteiger partial charge in [-0.2, -0.15) is 0 Å². The maximum atomic E-state index is 13.9. The van der Waals surface area contributed by atoms with Crippen molar-refractivity contribution in [2.45, 2.75) is 31.1 Å². The summed E-state index contributed by atoms with van der Waals surface area (Å²) in [4.78, 5) is 35.1. The van der Waals surface area contributed by atoms with E-state index < -0.39 is 12.1 Å². The van der Waals surface area contributed by atoms with Crippen molar-refractivity contribution >= 4 is 40.6 Å². The van der Waals surface area contributed by atoms with E-state index in [4.69, 9.17) is 14.5 Å². The van der Waals surface area contributed by atoms with Crippen LogP contribution in [0.5, 0.6) is 0 Å². The molecule has 4 aliphatic heterocycles. The first-order chi connectivity index (χ1) is 26.0. The largest absolute Gasteiger partial charge is 0.453 e. The van der Waals surface area contributed by atoms with Gasteiger partial charge in [-0.25, -0.2) is 9.79 Å². The molecule has 4 aromatic carbocycles. The summed E-state index contributed by atoms with van der Waals surface area (Å²) in [6.07, 6.45) is 2.88. The molecule has 5 N–H and O–H groups in total. The third-order valence-corrected chi connectivity index (χ3v) is 10.3. The fraction of sp³-hybridized carbons (Fsp3) is 0.293. The zero-order chi connectivity index (χ0) is 36.1. The smallest absolute Gasteiger partial charge is 0.407 e. The minimum absolute atomic E-state index is 0.0996. The van der Waals surface area contributed by atoms with Crippen molar-refractivity contribution in [1.29, 1.82) is 0 Å². The molecule has 8 rings (SSSR count). The van der Waals surface area contributed by atoms with Crippen LogP contribution in [0.4, 0.5) is 21.9 Å². The first-order valence-electron chi connectivity index (χ1n) is 18.2. The highest BCUT2D eigenvalue weighted by atomic mass is 16.5. The molecular weight excluding hydrogens is 669 g/mol. The van der Waals surface area contributed by atoms with Crippen LogP contribution in [0.3, 0.4) is 0 Å². The number of likely N-dealkylation sites (tertiary alicyclic amines) is 1. The van der Waals surface area contributed by atoms with Gasteiger partial charge in [-0.15, -0.1) is 0 Å². The van der Waals surface area contributed by atoms with Crippen LogP contribution in [0.1, 0.15) is 35.6 Å².